The van der Waals surface area contributed by atoms with Crippen molar-refractivity contribution in [2.45, 2.75) is 51.0 Å². The fourth-order valence-corrected chi connectivity index (χ4v) is 3.44. The highest BCUT2D eigenvalue weighted by Crippen LogP contribution is 2.42. The van der Waals surface area contributed by atoms with Crippen LogP contribution in [-0.4, -0.2) is 35.2 Å². The van der Waals surface area contributed by atoms with Gasteiger partial charge in [0.2, 0.25) is 0 Å². The van der Waals surface area contributed by atoms with Gasteiger partial charge in [-0.05, 0) is 31.9 Å². The summed E-state index contributed by atoms with van der Waals surface area (Å²) in [4.78, 5) is 24.9. The number of amides is 1. The molecule has 1 heterocycles. The molecule has 0 unspecified atom stereocenters. The van der Waals surface area contributed by atoms with E-state index in [0.29, 0.717) is 5.56 Å². The molecule has 0 bridgehead atoms. The summed E-state index contributed by atoms with van der Waals surface area (Å²) in [6.45, 7) is 4.99. The summed E-state index contributed by atoms with van der Waals surface area (Å²) in [5, 5.41) is 12.6. The third kappa shape index (κ3) is 5.22. The summed E-state index contributed by atoms with van der Waals surface area (Å²) < 4.78 is 11.5. The maximum absolute atomic E-state index is 12.7. The second-order valence-corrected chi connectivity index (χ2v) is 8.10. The molecule has 154 valence electrons. The minimum absolute atomic E-state index is 0.0216. The van der Waals surface area contributed by atoms with E-state index in [1.165, 1.54) is 0 Å². The average Bonchev–Trinajstić information content (AvgIpc) is 3.04. The van der Waals surface area contributed by atoms with Gasteiger partial charge in [-0.25, -0.2) is 4.79 Å². The molecule has 3 rings (SSSR count). The fraction of sp³-hybridized carbons (Fsp3) is 0.391. The van der Waals surface area contributed by atoms with Crippen LogP contribution in [0.25, 0.3) is 0 Å². The molecule has 3 atom stereocenters. The standard InChI is InChI=1S/C23H27NO5/c1-23(2,3)29-22(27)24-18(14-25)21-17-12-8-7-11-16(17)20(28-21)13-19(26)15-9-5-4-6-10-15/h4-12,18,20-21,25H,13-14H2,1-3H3,(H,24,27)/t18-,20-,21+/m1/s1. The molecule has 1 amide bonds. The number of ketones is 1. The Balaban J connectivity index is 1.77. The van der Waals surface area contributed by atoms with Crippen LogP contribution >= 0.6 is 0 Å². The van der Waals surface area contributed by atoms with E-state index in [-0.39, 0.29) is 18.8 Å². The number of alkyl carbamates (subject to hydrolysis) is 1. The molecule has 0 saturated carbocycles. The first-order chi connectivity index (χ1) is 13.8. The van der Waals surface area contributed by atoms with Crippen molar-refractivity contribution in [3.63, 3.8) is 0 Å². The van der Waals surface area contributed by atoms with Gasteiger partial charge in [0, 0.05) is 12.0 Å². The maximum atomic E-state index is 12.7. The van der Waals surface area contributed by atoms with Gasteiger partial charge in [0.1, 0.15) is 11.7 Å². The highest BCUT2D eigenvalue weighted by atomic mass is 16.6. The molecule has 0 spiro atoms. The number of aliphatic hydroxyl groups excluding tert-OH is 1. The van der Waals surface area contributed by atoms with Gasteiger partial charge in [0.15, 0.2) is 5.78 Å². The lowest BCUT2D eigenvalue weighted by atomic mass is 9.95. The molecule has 0 fully saturated rings. The Morgan fingerprint density at radius 3 is 2.31 bits per heavy atom. The van der Waals surface area contributed by atoms with Crippen LogP contribution in [0, 0.1) is 0 Å². The fourth-order valence-electron chi connectivity index (χ4n) is 3.44. The molecule has 6 heteroatoms. The summed E-state index contributed by atoms with van der Waals surface area (Å²) in [5.74, 6) is -0.0216. The van der Waals surface area contributed by atoms with Gasteiger partial charge in [-0.2, -0.15) is 0 Å². The number of ether oxygens (including phenoxy) is 2. The first-order valence-corrected chi connectivity index (χ1v) is 9.71. The number of aliphatic hydroxyl groups is 1. The SMILES string of the molecule is CC(C)(C)OC(=O)N[C@H](CO)[C@H]1O[C@H](CC(=O)c2ccccc2)c2ccccc21. The van der Waals surface area contributed by atoms with Crippen molar-refractivity contribution in [3.05, 3.63) is 71.3 Å². The molecule has 0 aromatic heterocycles. The predicted octanol–water partition coefficient (Wildman–Crippen LogP) is 3.96. The average molecular weight is 397 g/mol. The Labute approximate surface area is 170 Å². The normalized spacial score (nSPS) is 19.3. The van der Waals surface area contributed by atoms with Crippen molar-refractivity contribution in [2.75, 3.05) is 6.61 Å². The van der Waals surface area contributed by atoms with E-state index in [1.807, 2.05) is 42.5 Å². The topological polar surface area (TPSA) is 84.9 Å². The van der Waals surface area contributed by atoms with Crippen LogP contribution < -0.4 is 5.32 Å². The van der Waals surface area contributed by atoms with Gasteiger partial charge >= 0.3 is 6.09 Å². The highest BCUT2D eigenvalue weighted by molar-refractivity contribution is 5.96. The molecular weight excluding hydrogens is 370 g/mol. The Morgan fingerprint density at radius 1 is 1.07 bits per heavy atom. The van der Waals surface area contributed by atoms with Gasteiger partial charge in [-0.15, -0.1) is 0 Å². The lowest BCUT2D eigenvalue weighted by Crippen LogP contribution is -2.44. The number of hydrogen-bond donors (Lipinski definition) is 2. The Bertz CT molecular complexity index is 859. The zero-order valence-electron chi connectivity index (χ0n) is 16.9. The quantitative estimate of drug-likeness (QED) is 0.721. The monoisotopic (exact) mass is 397 g/mol. The minimum atomic E-state index is -0.692. The number of benzene rings is 2. The molecule has 2 aromatic rings. The highest BCUT2D eigenvalue weighted by Gasteiger charge is 2.38. The maximum Gasteiger partial charge on any atom is 0.408 e. The summed E-state index contributed by atoms with van der Waals surface area (Å²) >= 11 is 0. The number of Topliss-reactive ketones (excluding diaryl/α,β-unsaturated/α-hetero) is 1. The van der Waals surface area contributed by atoms with E-state index in [1.54, 1.807) is 32.9 Å². The van der Waals surface area contributed by atoms with Crippen molar-refractivity contribution in [2.24, 2.45) is 0 Å². The molecule has 29 heavy (non-hydrogen) atoms. The van der Waals surface area contributed by atoms with Gasteiger partial charge in [-0.1, -0.05) is 54.6 Å². The number of hydrogen-bond acceptors (Lipinski definition) is 5. The Hall–Kier alpha value is -2.70. The zero-order valence-corrected chi connectivity index (χ0v) is 16.9. The second-order valence-electron chi connectivity index (χ2n) is 8.10. The van der Waals surface area contributed by atoms with Crippen molar-refractivity contribution in [1.82, 2.24) is 5.32 Å². The number of nitrogens with one attached hydrogen (secondary N) is 1. The number of carbonyl (C=O) groups is 2. The minimum Gasteiger partial charge on any atom is -0.444 e. The molecule has 0 radical (unpaired) electrons. The van der Waals surface area contributed by atoms with Crippen LogP contribution in [0.15, 0.2) is 54.6 Å². The van der Waals surface area contributed by atoms with E-state index in [2.05, 4.69) is 5.32 Å². The molecule has 1 aliphatic rings. The Morgan fingerprint density at radius 2 is 1.69 bits per heavy atom. The molecule has 0 aliphatic carbocycles. The summed E-state index contributed by atoms with van der Waals surface area (Å²) in [6, 6.07) is 16.0. The van der Waals surface area contributed by atoms with E-state index in [9.17, 15) is 14.7 Å². The van der Waals surface area contributed by atoms with Crippen molar-refractivity contribution >= 4 is 11.9 Å². The predicted molar refractivity (Wildman–Crippen MR) is 109 cm³/mol. The van der Waals surface area contributed by atoms with Crippen molar-refractivity contribution in [1.29, 1.82) is 0 Å². The van der Waals surface area contributed by atoms with Crippen molar-refractivity contribution in [3.8, 4) is 0 Å². The van der Waals surface area contributed by atoms with Crippen LogP contribution in [0.4, 0.5) is 4.79 Å². The van der Waals surface area contributed by atoms with Gasteiger partial charge in [0.05, 0.1) is 18.8 Å². The first kappa shape index (κ1) is 21.0. The van der Waals surface area contributed by atoms with Crippen LogP contribution in [0.2, 0.25) is 0 Å². The Kier molecular flexibility index (Phi) is 6.35. The number of fused-ring (bicyclic) bond motifs is 1. The summed E-state index contributed by atoms with van der Waals surface area (Å²) in [6.07, 6.45) is -1.46. The molecular formula is C23H27NO5. The van der Waals surface area contributed by atoms with Crippen molar-refractivity contribution < 1.29 is 24.2 Å². The lowest BCUT2D eigenvalue weighted by Gasteiger charge is -2.26. The largest absolute Gasteiger partial charge is 0.444 e. The van der Waals surface area contributed by atoms with Gasteiger partial charge < -0.3 is 19.9 Å². The van der Waals surface area contributed by atoms with E-state index in [4.69, 9.17) is 9.47 Å². The smallest absolute Gasteiger partial charge is 0.408 e. The first-order valence-electron chi connectivity index (χ1n) is 9.71. The molecule has 2 N–H and O–H groups in total. The molecule has 6 nitrogen and oxygen atoms in total. The summed E-state index contributed by atoms with van der Waals surface area (Å²) in [5.41, 5.74) is 1.73. The van der Waals surface area contributed by atoms with Gasteiger partial charge in [-0.3, -0.25) is 4.79 Å². The zero-order chi connectivity index (χ0) is 21.0. The van der Waals surface area contributed by atoms with E-state index >= 15 is 0 Å². The number of carbonyl (C=O) groups excluding carboxylic acids is 2. The molecule has 1 aliphatic heterocycles. The molecule has 0 saturated heterocycles. The lowest BCUT2D eigenvalue weighted by molar-refractivity contribution is -0.0255. The summed E-state index contributed by atoms with van der Waals surface area (Å²) in [7, 11) is 0. The van der Waals surface area contributed by atoms with Crippen LogP contribution in [-0.2, 0) is 9.47 Å². The van der Waals surface area contributed by atoms with Crippen LogP contribution in [0.5, 0.6) is 0 Å². The number of rotatable bonds is 6. The van der Waals surface area contributed by atoms with E-state index < -0.39 is 29.9 Å². The second kappa shape index (κ2) is 8.76. The third-order valence-electron chi connectivity index (χ3n) is 4.69. The van der Waals surface area contributed by atoms with Crippen LogP contribution in [0.1, 0.15) is 60.9 Å². The van der Waals surface area contributed by atoms with Crippen LogP contribution in [0.3, 0.4) is 0 Å². The third-order valence-corrected chi connectivity index (χ3v) is 4.69. The van der Waals surface area contributed by atoms with E-state index in [0.717, 1.165) is 11.1 Å². The molecule has 2 aromatic carbocycles. The van der Waals surface area contributed by atoms with Gasteiger partial charge in [0.25, 0.3) is 0 Å².